The Morgan fingerprint density at radius 3 is 2.75 bits per heavy atom. The van der Waals surface area contributed by atoms with Crippen LogP contribution in [0.3, 0.4) is 0 Å². The molecular formula is C12H18N2OS. The summed E-state index contributed by atoms with van der Waals surface area (Å²) in [7, 11) is 0. The van der Waals surface area contributed by atoms with Crippen LogP contribution in [0.25, 0.3) is 0 Å². The Labute approximate surface area is 101 Å². The van der Waals surface area contributed by atoms with E-state index in [1.165, 1.54) is 11.8 Å². The molecule has 1 N–H and O–H groups in total. The summed E-state index contributed by atoms with van der Waals surface area (Å²) in [5.74, 6) is 0.953. The number of carbonyl (C=O) groups is 1. The summed E-state index contributed by atoms with van der Waals surface area (Å²) in [6.07, 6.45) is 1.73. The molecule has 1 atom stereocenters. The van der Waals surface area contributed by atoms with E-state index in [-0.39, 0.29) is 11.9 Å². The molecule has 0 bridgehead atoms. The molecule has 0 spiro atoms. The summed E-state index contributed by atoms with van der Waals surface area (Å²) in [6.45, 7) is 6.21. The number of rotatable bonds is 5. The molecule has 3 nitrogen and oxygen atoms in total. The fourth-order valence-corrected chi connectivity index (χ4v) is 1.71. The lowest BCUT2D eigenvalue weighted by Gasteiger charge is -2.16. The Bertz CT molecular complexity index is 327. The van der Waals surface area contributed by atoms with Gasteiger partial charge in [0.1, 0.15) is 0 Å². The van der Waals surface area contributed by atoms with Crippen molar-refractivity contribution < 1.29 is 4.79 Å². The number of aromatic nitrogens is 1. The number of hydrogen-bond donors (Lipinski definition) is 1. The molecule has 16 heavy (non-hydrogen) atoms. The molecule has 1 aromatic heterocycles. The van der Waals surface area contributed by atoms with Crippen molar-refractivity contribution in [2.45, 2.75) is 31.8 Å². The lowest BCUT2D eigenvalue weighted by atomic mass is 10.1. The van der Waals surface area contributed by atoms with Crippen molar-refractivity contribution in [2.24, 2.45) is 5.92 Å². The molecule has 0 aliphatic heterocycles. The molecule has 1 heterocycles. The van der Waals surface area contributed by atoms with Gasteiger partial charge in [-0.15, -0.1) is 0 Å². The lowest BCUT2D eigenvalue weighted by Crippen LogP contribution is -2.37. The largest absolute Gasteiger partial charge is 0.353 e. The zero-order valence-corrected chi connectivity index (χ0v) is 10.8. The van der Waals surface area contributed by atoms with Gasteiger partial charge in [-0.05, 0) is 25.0 Å². The second-order valence-corrected chi connectivity index (χ2v) is 5.05. The molecule has 1 unspecified atom stereocenters. The summed E-state index contributed by atoms with van der Waals surface area (Å²) in [5, 5.41) is 3.85. The van der Waals surface area contributed by atoms with Gasteiger partial charge in [-0.2, -0.15) is 0 Å². The monoisotopic (exact) mass is 238 g/mol. The SMILES string of the molecule is CC(C)C(C)NC(=O)CSc1ccccn1. The van der Waals surface area contributed by atoms with Gasteiger partial charge in [0.25, 0.3) is 0 Å². The third-order valence-electron chi connectivity index (χ3n) is 2.38. The maximum Gasteiger partial charge on any atom is 0.230 e. The summed E-state index contributed by atoms with van der Waals surface area (Å²) in [4.78, 5) is 15.7. The van der Waals surface area contributed by atoms with Crippen LogP contribution in [0.4, 0.5) is 0 Å². The standard InChI is InChI=1S/C12H18N2OS/c1-9(2)10(3)14-11(15)8-16-12-6-4-5-7-13-12/h4-7,9-10H,8H2,1-3H3,(H,14,15). The van der Waals surface area contributed by atoms with Gasteiger partial charge in [0.05, 0.1) is 10.8 Å². The quantitative estimate of drug-likeness (QED) is 0.801. The van der Waals surface area contributed by atoms with E-state index in [4.69, 9.17) is 0 Å². The number of thioether (sulfide) groups is 1. The summed E-state index contributed by atoms with van der Waals surface area (Å²) < 4.78 is 0. The Balaban J connectivity index is 2.31. The second-order valence-electron chi connectivity index (χ2n) is 4.06. The molecule has 0 saturated heterocycles. The number of nitrogens with one attached hydrogen (secondary N) is 1. The number of amides is 1. The van der Waals surface area contributed by atoms with E-state index in [0.29, 0.717) is 11.7 Å². The van der Waals surface area contributed by atoms with Crippen LogP contribution in [0.2, 0.25) is 0 Å². The molecule has 1 aromatic rings. The average Bonchev–Trinajstić information content (AvgIpc) is 2.27. The highest BCUT2D eigenvalue weighted by Gasteiger charge is 2.10. The number of carbonyl (C=O) groups excluding carboxylic acids is 1. The van der Waals surface area contributed by atoms with Crippen LogP contribution in [0.15, 0.2) is 29.4 Å². The van der Waals surface area contributed by atoms with E-state index in [1.807, 2.05) is 25.1 Å². The molecule has 0 saturated carbocycles. The third kappa shape index (κ3) is 4.66. The van der Waals surface area contributed by atoms with Gasteiger partial charge < -0.3 is 5.32 Å². The third-order valence-corrected chi connectivity index (χ3v) is 3.32. The second kappa shape index (κ2) is 6.53. The molecule has 4 heteroatoms. The van der Waals surface area contributed by atoms with Crippen molar-refractivity contribution in [3.8, 4) is 0 Å². The average molecular weight is 238 g/mol. The number of pyridine rings is 1. The van der Waals surface area contributed by atoms with E-state index >= 15 is 0 Å². The van der Waals surface area contributed by atoms with Crippen molar-refractivity contribution in [3.05, 3.63) is 24.4 Å². The van der Waals surface area contributed by atoms with Crippen LogP contribution in [-0.4, -0.2) is 22.7 Å². The molecule has 88 valence electrons. The van der Waals surface area contributed by atoms with Crippen LogP contribution >= 0.6 is 11.8 Å². The van der Waals surface area contributed by atoms with Crippen molar-refractivity contribution in [1.82, 2.24) is 10.3 Å². The first kappa shape index (κ1) is 13.0. The Hall–Kier alpha value is -1.03. The summed E-state index contributed by atoms with van der Waals surface area (Å²) in [5.41, 5.74) is 0. The number of nitrogens with zero attached hydrogens (tertiary/aromatic N) is 1. The minimum Gasteiger partial charge on any atom is -0.353 e. The van der Waals surface area contributed by atoms with E-state index in [1.54, 1.807) is 6.20 Å². The van der Waals surface area contributed by atoms with Crippen molar-refractivity contribution in [2.75, 3.05) is 5.75 Å². The van der Waals surface area contributed by atoms with Gasteiger partial charge in [-0.25, -0.2) is 4.98 Å². The van der Waals surface area contributed by atoms with E-state index < -0.39 is 0 Å². The summed E-state index contributed by atoms with van der Waals surface area (Å²) >= 11 is 1.46. The Morgan fingerprint density at radius 2 is 2.19 bits per heavy atom. The fraction of sp³-hybridized carbons (Fsp3) is 0.500. The van der Waals surface area contributed by atoms with Gasteiger partial charge >= 0.3 is 0 Å². The molecular weight excluding hydrogens is 220 g/mol. The predicted molar refractivity (Wildman–Crippen MR) is 67.4 cm³/mol. The van der Waals surface area contributed by atoms with Crippen molar-refractivity contribution >= 4 is 17.7 Å². The molecule has 0 fully saturated rings. The fourth-order valence-electron chi connectivity index (χ4n) is 1.03. The maximum absolute atomic E-state index is 11.6. The van der Waals surface area contributed by atoms with Crippen LogP contribution < -0.4 is 5.32 Å². The first-order valence-corrected chi connectivity index (χ1v) is 6.41. The van der Waals surface area contributed by atoms with Crippen molar-refractivity contribution in [1.29, 1.82) is 0 Å². The van der Waals surface area contributed by atoms with Gasteiger partial charge in [-0.1, -0.05) is 31.7 Å². The zero-order chi connectivity index (χ0) is 12.0. The van der Waals surface area contributed by atoms with Gasteiger partial charge in [0, 0.05) is 12.2 Å². The number of hydrogen-bond acceptors (Lipinski definition) is 3. The highest BCUT2D eigenvalue weighted by Crippen LogP contribution is 2.13. The highest BCUT2D eigenvalue weighted by molar-refractivity contribution is 7.99. The van der Waals surface area contributed by atoms with Gasteiger partial charge in [0.2, 0.25) is 5.91 Å². The normalized spacial score (nSPS) is 12.5. The minimum absolute atomic E-state index is 0.0665. The van der Waals surface area contributed by atoms with Gasteiger partial charge in [-0.3, -0.25) is 4.79 Å². The predicted octanol–water partition coefficient (Wildman–Crippen LogP) is 2.33. The topological polar surface area (TPSA) is 42.0 Å². The Morgan fingerprint density at radius 1 is 1.44 bits per heavy atom. The van der Waals surface area contributed by atoms with Crippen LogP contribution in [-0.2, 0) is 4.79 Å². The highest BCUT2D eigenvalue weighted by atomic mass is 32.2. The van der Waals surface area contributed by atoms with Crippen LogP contribution in [0, 0.1) is 5.92 Å². The summed E-state index contributed by atoms with van der Waals surface area (Å²) in [6, 6.07) is 5.91. The lowest BCUT2D eigenvalue weighted by molar-refractivity contribution is -0.119. The first-order valence-electron chi connectivity index (χ1n) is 5.43. The van der Waals surface area contributed by atoms with Crippen LogP contribution in [0.5, 0.6) is 0 Å². The molecule has 1 amide bonds. The van der Waals surface area contributed by atoms with E-state index in [9.17, 15) is 4.79 Å². The molecule has 0 radical (unpaired) electrons. The smallest absolute Gasteiger partial charge is 0.230 e. The zero-order valence-electron chi connectivity index (χ0n) is 9.93. The molecule has 0 aromatic carbocycles. The van der Waals surface area contributed by atoms with Crippen molar-refractivity contribution in [3.63, 3.8) is 0 Å². The van der Waals surface area contributed by atoms with Gasteiger partial charge in [0.15, 0.2) is 0 Å². The maximum atomic E-state index is 11.6. The first-order chi connectivity index (χ1) is 7.59. The van der Waals surface area contributed by atoms with E-state index in [0.717, 1.165) is 5.03 Å². The molecule has 0 aliphatic carbocycles. The Kier molecular flexibility index (Phi) is 5.32. The molecule has 1 rings (SSSR count). The van der Waals surface area contributed by atoms with E-state index in [2.05, 4.69) is 24.1 Å². The minimum atomic E-state index is 0.0665. The van der Waals surface area contributed by atoms with Crippen LogP contribution in [0.1, 0.15) is 20.8 Å². The molecule has 0 aliphatic rings.